The number of hydrogen-bond donors (Lipinski definition) is 0. The van der Waals surface area contributed by atoms with Crippen molar-refractivity contribution in [3.05, 3.63) is 40.8 Å². The number of hydrogen-bond acceptors (Lipinski definition) is 6. The van der Waals surface area contributed by atoms with Gasteiger partial charge in [0, 0.05) is 31.0 Å². The van der Waals surface area contributed by atoms with Crippen molar-refractivity contribution in [3.8, 4) is 11.9 Å². The van der Waals surface area contributed by atoms with E-state index in [0.29, 0.717) is 41.2 Å². The van der Waals surface area contributed by atoms with E-state index in [4.69, 9.17) is 16.3 Å². The molecule has 2 fully saturated rings. The summed E-state index contributed by atoms with van der Waals surface area (Å²) in [5.41, 5.74) is 1.00. The fourth-order valence-corrected chi connectivity index (χ4v) is 3.36. The maximum atomic E-state index is 13.4. The topological polar surface area (TPSA) is 74.9 Å². The Morgan fingerprint density at radius 2 is 2.15 bits per heavy atom. The summed E-state index contributed by atoms with van der Waals surface area (Å²) in [6.07, 6.45) is 5.94. The molecule has 2 aromatic heterocycles. The highest BCUT2D eigenvalue weighted by Gasteiger charge is 2.29. The molecule has 0 aromatic carbocycles. The van der Waals surface area contributed by atoms with E-state index in [0.717, 1.165) is 31.6 Å². The normalized spacial score (nSPS) is 19.4. The second-order valence-electron chi connectivity index (χ2n) is 6.70. The fourth-order valence-electron chi connectivity index (χ4n) is 3.13. The molecule has 26 heavy (non-hydrogen) atoms. The Morgan fingerprint density at radius 3 is 2.92 bits per heavy atom. The van der Waals surface area contributed by atoms with E-state index in [1.807, 2.05) is 4.90 Å². The molecule has 2 aliphatic rings. The molecule has 0 amide bonds. The Bertz CT molecular complexity index is 867. The molecule has 1 aliphatic heterocycles. The highest BCUT2D eigenvalue weighted by atomic mass is 35.5. The largest absolute Gasteiger partial charge is 0.476 e. The van der Waals surface area contributed by atoms with Crippen LogP contribution >= 0.6 is 11.6 Å². The van der Waals surface area contributed by atoms with Gasteiger partial charge in [-0.2, -0.15) is 14.6 Å². The van der Waals surface area contributed by atoms with E-state index in [1.54, 1.807) is 0 Å². The monoisotopic (exact) mass is 373 g/mol. The van der Waals surface area contributed by atoms with Gasteiger partial charge in [-0.25, -0.2) is 9.97 Å². The molecule has 1 aliphatic carbocycles. The smallest absolute Gasteiger partial charge is 0.235 e. The van der Waals surface area contributed by atoms with Crippen LogP contribution in [0.1, 0.15) is 36.6 Å². The quantitative estimate of drug-likeness (QED) is 0.748. The number of halogens is 2. The average Bonchev–Trinajstić information content (AvgIpc) is 3.40. The van der Waals surface area contributed by atoms with Crippen LogP contribution in [0.15, 0.2) is 18.5 Å². The van der Waals surface area contributed by atoms with Gasteiger partial charge in [-0.1, -0.05) is 11.6 Å². The minimum absolute atomic E-state index is 0.244. The third-order valence-corrected chi connectivity index (χ3v) is 5.01. The third kappa shape index (κ3) is 3.56. The second kappa shape index (κ2) is 7.04. The summed E-state index contributed by atoms with van der Waals surface area (Å²) in [5, 5.41) is 9.66. The van der Waals surface area contributed by atoms with Crippen LogP contribution in [0.3, 0.4) is 0 Å². The van der Waals surface area contributed by atoms with Crippen LogP contribution < -0.4 is 9.64 Å². The van der Waals surface area contributed by atoms with Crippen molar-refractivity contribution in [2.75, 3.05) is 24.6 Å². The van der Waals surface area contributed by atoms with Crippen molar-refractivity contribution in [2.24, 2.45) is 5.92 Å². The first-order valence-corrected chi connectivity index (χ1v) is 8.97. The molecule has 3 heterocycles. The Morgan fingerprint density at radius 1 is 1.31 bits per heavy atom. The molecule has 1 saturated carbocycles. The van der Waals surface area contributed by atoms with Crippen LogP contribution in [0, 0.1) is 23.2 Å². The van der Waals surface area contributed by atoms with Crippen LogP contribution in [0.2, 0.25) is 5.02 Å². The number of rotatable bonds is 5. The molecule has 2 aromatic rings. The van der Waals surface area contributed by atoms with Gasteiger partial charge in [0.05, 0.1) is 29.7 Å². The molecule has 0 N–H and O–H groups in total. The van der Waals surface area contributed by atoms with Crippen molar-refractivity contribution in [1.29, 1.82) is 5.26 Å². The molecule has 0 bridgehead atoms. The summed E-state index contributed by atoms with van der Waals surface area (Å²) in [6.45, 7) is 1.91. The van der Waals surface area contributed by atoms with Crippen molar-refractivity contribution in [2.45, 2.75) is 25.2 Å². The van der Waals surface area contributed by atoms with E-state index < -0.39 is 5.95 Å². The summed E-state index contributed by atoms with van der Waals surface area (Å²) in [7, 11) is 0. The molecule has 1 atom stereocenters. The Balaban J connectivity index is 1.41. The molecule has 1 saturated heterocycles. The van der Waals surface area contributed by atoms with Gasteiger partial charge in [0.25, 0.3) is 0 Å². The van der Waals surface area contributed by atoms with Crippen molar-refractivity contribution >= 4 is 17.3 Å². The van der Waals surface area contributed by atoms with Crippen molar-refractivity contribution in [3.63, 3.8) is 0 Å². The van der Waals surface area contributed by atoms with E-state index in [-0.39, 0.29) is 5.92 Å². The molecular formula is C18H17ClFN5O. The van der Waals surface area contributed by atoms with Gasteiger partial charge in [-0.05, 0) is 19.3 Å². The minimum atomic E-state index is -0.545. The SMILES string of the molecule is N#Cc1cnc(C2CC2)nc1OCC1CCN(c2cc(F)ncc2Cl)C1. The van der Waals surface area contributed by atoms with Crippen LogP contribution in [0.5, 0.6) is 5.88 Å². The molecular weight excluding hydrogens is 357 g/mol. The first-order chi connectivity index (χ1) is 12.6. The lowest BCUT2D eigenvalue weighted by Crippen LogP contribution is -2.22. The van der Waals surface area contributed by atoms with E-state index in [1.165, 1.54) is 18.5 Å². The summed E-state index contributed by atoms with van der Waals surface area (Å²) < 4.78 is 19.2. The highest BCUT2D eigenvalue weighted by molar-refractivity contribution is 6.33. The lowest BCUT2D eigenvalue weighted by atomic mass is 10.1. The first-order valence-electron chi connectivity index (χ1n) is 8.60. The predicted molar refractivity (Wildman–Crippen MR) is 93.7 cm³/mol. The van der Waals surface area contributed by atoms with Crippen LogP contribution in [-0.4, -0.2) is 34.6 Å². The van der Waals surface area contributed by atoms with Gasteiger partial charge < -0.3 is 9.64 Å². The van der Waals surface area contributed by atoms with Crippen LogP contribution in [0.25, 0.3) is 0 Å². The molecule has 6 nitrogen and oxygen atoms in total. The van der Waals surface area contributed by atoms with E-state index >= 15 is 0 Å². The summed E-state index contributed by atoms with van der Waals surface area (Å²) >= 11 is 6.13. The van der Waals surface area contributed by atoms with Crippen molar-refractivity contribution in [1.82, 2.24) is 15.0 Å². The molecule has 8 heteroatoms. The van der Waals surface area contributed by atoms with Crippen molar-refractivity contribution < 1.29 is 9.13 Å². The maximum absolute atomic E-state index is 13.4. The average molecular weight is 374 g/mol. The van der Waals surface area contributed by atoms with Gasteiger partial charge in [0.2, 0.25) is 11.8 Å². The Hall–Kier alpha value is -2.46. The van der Waals surface area contributed by atoms with E-state index in [9.17, 15) is 9.65 Å². The molecule has 0 spiro atoms. The molecule has 0 radical (unpaired) electrons. The van der Waals surface area contributed by atoms with Gasteiger partial charge in [-0.3, -0.25) is 0 Å². The number of pyridine rings is 1. The first kappa shape index (κ1) is 17.0. The molecule has 4 rings (SSSR count). The highest BCUT2D eigenvalue weighted by Crippen LogP contribution is 2.38. The fraction of sp³-hybridized carbons (Fsp3) is 0.444. The zero-order valence-electron chi connectivity index (χ0n) is 14.0. The maximum Gasteiger partial charge on any atom is 0.235 e. The number of aromatic nitrogens is 3. The summed E-state index contributed by atoms with van der Waals surface area (Å²) in [6, 6.07) is 3.43. The third-order valence-electron chi connectivity index (χ3n) is 4.72. The number of anilines is 1. The van der Waals surface area contributed by atoms with Crippen LogP contribution in [-0.2, 0) is 0 Å². The summed E-state index contributed by atoms with van der Waals surface area (Å²) in [4.78, 5) is 14.3. The number of nitrogens with zero attached hydrogens (tertiary/aromatic N) is 5. The van der Waals surface area contributed by atoms with Crippen LogP contribution in [0.4, 0.5) is 10.1 Å². The summed E-state index contributed by atoms with van der Waals surface area (Å²) in [5.74, 6) is 1.21. The standard InChI is InChI=1S/C18H17ClFN5O/c19-14-8-22-16(20)5-15(14)25-4-3-11(9-25)10-26-18-13(6-21)7-23-17(24-18)12-1-2-12/h5,7-8,11-12H,1-4,9-10H2. The minimum Gasteiger partial charge on any atom is -0.476 e. The number of nitriles is 1. The lowest BCUT2D eigenvalue weighted by molar-refractivity contribution is 0.250. The molecule has 1 unspecified atom stereocenters. The zero-order chi connectivity index (χ0) is 18.1. The second-order valence-corrected chi connectivity index (χ2v) is 7.11. The van der Waals surface area contributed by atoms with Gasteiger partial charge in [-0.15, -0.1) is 0 Å². The van der Waals surface area contributed by atoms with Gasteiger partial charge in [0.1, 0.15) is 17.5 Å². The van der Waals surface area contributed by atoms with Gasteiger partial charge >= 0.3 is 0 Å². The zero-order valence-corrected chi connectivity index (χ0v) is 14.8. The Labute approximate surface area is 155 Å². The molecule has 134 valence electrons. The lowest BCUT2D eigenvalue weighted by Gasteiger charge is -2.20. The van der Waals surface area contributed by atoms with E-state index in [2.05, 4.69) is 21.0 Å². The number of ether oxygens (including phenoxy) is 1. The van der Waals surface area contributed by atoms with Gasteiger partial charge in [0.15, 0.2) is 0 Å². The predicted octanol–water partition coefficient (Wildman–Crippen LogP) is 3.32. The Kier molecular flexibility index (Phi) is 4.60.